The number of hydrogen-bond donors (Lipinski definition) is 2. The minimum atomic E-state index is -4.33. The summed E-state index contributed by atoms with van der Waals surface area (Å²) in [6, 6.07) is 16.1. The molecule has 3 unspecified atom stereocenters. The van der Waals surface area contributed by atoms with Crippen molar-refractivity contribution in [3.8, 4) is 0 Å². The van der Waals surface area contributed by atoms with Gasteiger partial charge in [0.05, 0.1) is 31.7 Å². The standard InChI is InChI=1S/C28H32N10O9P2/c1-3-42-48(39,40)17-49(41,43-4-2)44-15-23-25(46-37-20-11-7-5-9-18(20)32-34-37)26(47-38-21-12-8-6-10-19(21)33-35-38)28(45-23)36-16-31-24-22(36)13-14-30-27(24)29/h5-14,16,23,25-26,28H,3-4,15,17H2,1-2H3,(H2,29,30)(H,39,40)/t23-,25+,26?,28-,49?/m1/s1. The lowest BCUT2D eigenvalue weighted by Gasteiger charge is -2.25. The van der Waals surface area contributed by atoms with Crippen molar-refractivity contribution in [2.45, 2.75) is 38.4 Å². The van der Waals surface area contributed by atoms with Gasteiger partial charge in [0, 0.05) is 6.20 Å². The highest BCUT2D eigenvalue weighted by molar-refractivity contribution is 7.70. The maximum absolute atomic E-state index is 13.8. The maximum Gasteiger partial charge on any atom is 0.342 e. The monoisotopic (exact) mass is 714 g/mol. The van der Waals surface area contributed by atoms with E-state index in [4.69, 9.17) is 33.7 Å². The fourth-order valence-electron chi connectivity index (χ4n) is 5.54. The van der Waals surface area contributed by atoms with Gasteiger partial charge in [-0.1, -0.05) is 34.0 Å². The van der Waals surface area contributed by atoms with Gasteiger partial charge in [-0.25, -0.2) is 9.97 Å². The van der Waals surface area contributed by atoms with Crippen molar-refractivity contribution >= 4 is 54.1 Å². The summed E-state index contributed by atoms with van der Waals surface area (Å²) in [5.74, 6) is -0.670. The van der Waals surface area contributed by atoms with Gasteiger partial charge < -0.3 is 38.6 Å². The van der Waals surface area contributed by atoms with Gasteiger partial charge in [-0.3, -0.25) is 13.7 Å². The third-order valence-corrected chi connectivity index (χ3v) is 12.3. The molecule has 5 heterocycles. The number of benzene rings is 2. The lowest BCUT2D eigenvalue weighted by Crippen LogP contribution is -2.47. The normalized spacial score (nSPS) is 22.0. The Bertz CT molecular complexity index is 2190. The highest BCUT2D eigenvalue weighted by Gasteiger charge is 2.52. The second-order valence-electron chi connectivity index (χ2n) is 10.8. The Balaban J connectivity index is 1.30. The van der Waals surface area contributed by atoms with E-state index in [9.17, 15) is 14.0 Å². The van der Waals surface area contributed by atoms with Gasteiger partial charge in [0.2, 0.25) is 6.10 Å². The Hall–Kier alpha value is -4.48. The number of nitrogens with two attached hydrogens (primary N) is 1. The van der Waals surface area contributed by atoms with Gasteiger partial charge >= 0.3 is 15.2 Å². The molecular formula is C28H32N10O9P2. The van der Waals surface area contributed by atoms with Crippen molar-refractivity contribution in [1.29, 1.82) is 0 Å². The molecule has 49 heavy (non-hydrogen) atoms. The van der Waals surface area contributed by atoms with Gasteiger partial charge in [-0.15, -0.1) is 10.2 Å². The smallest absolute Gasteiger partial charge is 0.342 e. The Morgan fingerprint density at radius 3 is 2.12 bits per heavy atom. The summed E-state index contributed by atoms with van der Waals surface area (Å²) in [5, 5.41) is 16.8. The average molecular weight is 715 g/mol. The lowest BCUT2D eigenvalue weighted by atomic mass is 10.1. The number of nitrogen functional groups attached to an aromatic ring is 1. The van der Waals surface area contributed by atoms with E-state index >= 15 is 0 Å². The van der Waals surface area contributed by atoms with E-state index in [0.29, 0.717) is 33.1 Å². The fourth-order valence-corrected chi connectivity index (χ4v) is 9.51. The van der Waals surface area contributed by atoms with Crippen LogP contribution < -0.4 is 15.4 Å². The molecule has 1 saturated heterocycles. The van der Waals surface area contributed by atoms with Crippen LogP contribution in [0.15, 0.2) is 67.1 Å². The van der Waals surface area contributed by atoms with E-state index in [-0.39, 0.29) is 19.0 Å². The number of ether oxygens (including phenoxy) is 1. The average Bonchev–Trinajstić information content (AvgIpc) is 3.86. The summed E-state index contributed by atoms with van der Waals surface area (Å²) < 4.78 is 50.9. The summed E-state index contributed by atoms with van der Waals surface area (Å²) in [7, 11) is -8.55. The van der Waals surface area contributed by atoms with E-state index < -0.39 is 52.2 Å². The molecule has 4 aromatic heterocycles. The minimum Gasteiger partial charge on any atom is -0.384 e. The van der Waals surface area contributed by atoms with Crippen molar-refractivity contribution in [3.63, 3.8) is 0 Å². The van der Waals surface area contributed by atoms with Crippen LogP contribution in [0.2, 0.25) is 0 Å². The first-order valence-corrected chi connectivity index (χ1v) is 18.7. The Labute approximate surface area is 277 Å². The highest BCUT2D eigenvalue weighted by Crippen LogP contribution is 2.61. The van der Waals surface area contributed by atoms with Crippen LogP contribution >= 0.6 is 15.2 Å². The predicted molar refractivity (Wildman–Crippen MR) is 173 cm³/mol. The quantitative estimate of drug-likeness (QED) is 0.155. The molecule has 0 spiro atoms. The highest BCUT2D eigenvalue weighted by atomic mass is 31.2. The van der Waals surface area contributed by atoms with E-state index in [1.807, 2.05) is 18.2 Å². The summed E-state index contributed by atoms with van der Waals surface area (Å²) >= 11 is 0. The second-order valence-corrected chi connectivity index (χ2v) is 15.2. The predicted octanol–water partition coefficient (Wildman–Crippen LogP) is 2.82. The summed E-state index contributed by atoms with van der Waals surface area (Å²) in [6.07, 6.45) is -1.15. The molecule has 1 aliphatic rings. The molecule has 0 radical (unpaired) electrons. The Morgan fingerprint density at radius 1 is 0.837 bits per heavy atom. The second kappa shape index (κ2) is 13.4. The topological polar surface area (TPSA) is 228 Å². The molecule has 3 N–H and O–H groups in total. The largest absolute Gasteiger partial charge is 0.384 e. The third-order valence-electron chi connectivity index (χ3n) is 7.61. The van der Waals surface area contributed by atoms with Crippen LogP contribution in [0.1, 0.15) is 20.1 Å². The Morgan fingerprint density at radius 2 is 1.47 bits per heavy atom. The van der Waals surface area contributed by atoms with Crippen LogP contribution in [0, 0.1) is 0 Å². The zero-order valence-electron chi connectivity index (χ0n) is 26.2. The first-order valence-electron chi connectivity index (χ1n) is 15.2. The van der Waals surface area contributed by atoms with Crippen molar-refractivity contribution in [3.05, 3.63) is 67.1 Å². The zero-order chi connectivity index (χ0) is 34.2. The van der Waals surface area contributed by atoms with E-state index in [1.165, 1.54) is 22.2 Å². The number of para-hydroxylation sites is 2. The van der Waals surface area contributed by atoms with Crippen LogP contribution in [-0.4, -0.2) is 93.8 Å². The molecule has 0 amide bonds. The van der Waals surface area contributed by atoms with Gasteiger partial charge in [0.25, 0.3) is 0 Å². The first-order chi connectivity index (χ1) is 23.7. The molecule has 2 aromatic carbocycles. The molecular weight excluding hydrogens is 682 g/mol. The van der Waals surface area contributed by atoms with Crippen molar-refractivity contribution in [2.75, 3.05) is 31.5 Å². The summed E-state index contributed by atoms with van der Waals surface area (Å²) in [6.45, 7) is 2.54. The molecule has 0 saturated carbocycles. The molecule has 258 valence electrons. The SMILES string of the molecule is CCOP(=O)(O)CP(=O)(OCC)OC[C@H]1O[C@@H](n2cnc3c(N)nccc32)C(On2nnc3ccccc32)[C@H]1On1nnc2ccccc21. The van der Waals surface area contributed by atoms with Gasteiger partial charge in [-0.2, -0.15) is 0 Å². The Kier molecular flexibility index (Phi) is 9.06. The molecule has 6 aromatic rings. The zero-order valence-corrected chi connectivity index (χ0v) is 28.0. The van der Waals surface area contributed by atoms with E-state index in [0.717, 1.165) is 0 Å². The molecule has 0 aliphatic carbocycles. The molecule has 21 heteroatoms. The van der Waals surface area contributed by atoms with Gasteiger partial charge in [0.15, 0.2) is 24.1 Å². The van der Waals surface area contributed by atoms with Gasteiger partial charge in [-0.05, 0) is 54.6 Å². The summed E-state index contributed by atoms with van der Waals surface area (Å²) in [4.78, 5) is 34.4. The van der Waals surface area contributed by atoms with Crippen LogP contribution in [-0.2, 0) is 27.4 Å². The van der Waals surface area contributed by atoms with Crippen LogP contribution in [0.3, 0.4) is 0 Å². The molecule has 1 fully saturated rings. The number of anilines is 1. The number of nitrogens with zero attached hydrogens (tertiary/aromatic N) is 9. The first kappa shape index (κ1) is 33.0. The van der Waals surface area contributed by atoms with Crippen LogP contribution in [0.5, 0.6) is 0 Å². The van der Waals surface area contributed by atoms with Crippen molar-refractivity contribution in [1.82, 2.24) is 44.8 Å². The molecule has 0 bridgehead atoms. The van der Waals surface area contributed by atoms with Crippen LogP contribution in [0.25, 0.3) is 33.1 Å². The van der Waals surface area contributed by atoms with E-state index in [2.05, 4.69) is 30.6 Å². The molecule has 1 aliphatic heterocycles. The van der Waals surface area contributed by atoms with Gasteiger partial charge in [0.1, 0.15) is 33.7 Å². The minimum absolute atomic E-state index is 0.0655. The number of hydrogen-bond acceptors (Lipinski definition) is 15. The third kappa shape index (κ3) is 6.61. The lowest BCUT2D eigenvalue weighted by molar-refractivity contribution is -0.0973. The van der Waals surface area contributed by atoms with Crippen molar-refractivity contribution in [2.24, 2.45) is 0 Å². The van der Waals surface area contributed by atoms with Crippen molar-refractivity contribution < 1.29 is 42.0 Å². The molecule has 19 nitrogen and oxygen atoms in total. The van der Waals surface area contributed by atoms with Crippen LogP contribution in [0.4, 0.5) is 5.82 Å². The fraction of sp³-hybridized carbons (Fsp3) is 0.357. The summed E-state index contributed by atoms with van der Waals surface area (Å²) in [5.41, 5.74) is 9.35. The number of aromatic nitrogens is 9. The molecule has 6 atom stereocenters. The molecule has 7 rings (SSSR count). The maximum atomic E-state index is 13.8. The number of pyridine rings is 1. The number of fused-ring (bicyclic) bond motifs is 3. The van der Waals surface area contributed by atoms with E-state index in [1.54, 1.807) is 54.8 Å². The number of imidazole rings is 1. The number of rotatable bonds is 14.